The molecule has 2 aromatic carbocycles. The summed E-state index contributed by atoms with van der Waals surface area (Å²) in [5.41, 5.74) is -0.00413. The first-order chi connectivity index (χ1) is 13.8. The summed E-state index contributed by atoms with van der Waals surface area (Å²) < 4.78 is 16.9. The van der Waals surface area contributed by atoms with Gasteiger partial charge in [0.2, 0.25) is 0 Å². The lowest BCUT2D eigenvalue weighted by molar-refractivity contribution is 0.0126. The number of carbonyl (C=O) groups is 2. The Bertz CT molecular complexity index is 836. The molecule has 0 spiro atoms. The zero-order valence-electron chi connectivity index (χ0n) is 17.1. The van der Waals surface area contributed by atoms with E-state index < -0.39 is 11.6 Å². The maximum absolute atomic E-state index is 12.2. The number of rotatable bonds is 4. The molecule has 0 atom stereocenters. The van der Waals surface area contributed by atoms with Gasteiger partial charge in [-0.25, -0.2) is 9.59 Å². The van der Waals surface area contributed by atoms with Gasteiger partial charge in [0.1, 0.15) is 23.2 Å². The fourth-order valence-electron chi connectivity index (χ4n) is 3.03. The second-order valence-electron chi connectivity index (χ2n) is 8.02. The van der Waals surface area contributed by atoms with Gasteiger partial charge >= 0.3 is 12.1 Å². The third-order valence-electron chi connectivity index (χ3n) is 4.42. The standard InChI is InChI=1S/C23H27NO5/c1-23(2,3)29-22(26)24-14-12-18(13-15-24)27-19-10-7-11-20(16-19)28-21(25)17-8-5-4-6-9-17/h4-11,16,18H,12-15H2,1-3H3. The Kier molecular flexibility index (Phi) is 6.42. The fraction of sp³-hybridized carbons (Fsp3) is 0.391. The van der Waals surface area contributed by atoms with Crippen LogP contribution in [0.4, 0.5) is 4.79 Å². The second-order valence-corrected chi connectivity index (χ2v) is 8.02. The van der Waals surface area contributed by atoms with Crippen molar-refractivity contribution >= 4 is 12.1 Å². The molecule has 0 radical (unpaired) electrons. The van der Waals surface area contributed by atoms with Gasteiger partial charge in [0, 0.05) is 32.0 Å². The number of amides is 1. The van der Waals surface area contributed by atoms with Gasteiger partial charge in [-0.3, -0.25) is 0 Å². The quantitative estimate of drug-likeness (QED) is 0.553. The minimum Gasteiger partial charge on any atom is -0.490 e. The first-order valence-corrected chi connectivity index (χ1v) is 9.82. The number of piperidine rings is 1. The molecule has 0 unspecified atom stereocenters. The molecule has 6 nitrogen and oxygen atoms in total. The average Bonchev–Trinajstić information content (AvgIpc) is 2.68. The molecule has 1 aliphatic heterocycles. The highest BCUT2D eigenvalue weighted by molar-refractivity contribution is 5.91. The van der Waals surface area contributed by atoms with E-state index in [2.05, 4.69) is 0 Å². The summed E-state index contributed by atoms with van der Waals surface area (Å²) in [4.78, 5) is 26.1. The van der Waals surface area contributed by atoms with Crippen LogP contribution in [0.1, 0.15) is 44.0 Å². The lowest BCUT2D eigenvalue weighted by atomic mass is 10.1. The molecule has 0 aliphatic carbocycles. The number of nitrogens with zero attached hydrogens (tertiary/aromatic N) is 1. The van der Waals surface area contributed by atoms with E-state index in [1.165, 1.54) is 0 Å². The van der Waals surface area contributed by atoms with Gasteiger partial charge in [-0.05, 0) is 45.0 Å². The molecule has 2 aromatic rings. The van der Waals surface area contributed by atoms with E-state index in [1.54, 1.807) is 47.4 Å². The smallest absolute Gasteiger partial charge is 0.410 e. The first kappa shape index (κ1) is 20.7. The van der Waals surface area contributed by atoms with Gasteiger partial charge in [-0.1, -0.05) is 24.3 Å². The van der Waals surface area contributed by atoms with E-state index in [0.717, 1.165) is 0 Å². The Labute approximate surface area is 171 Å². The highest BCUT2D eigenvalue weighted by Crippen LogP contribution is 2.24. The number of carbonyl (C=O) groups excluding carboxylic acids is 2. The number of ether oxygens (including phenoxy) is 3. The first-order valence-electron chi connectivity index (χ1n) is 9.82. The minimum atomic E-state index is -0.498. The van der Waals surface area contributed by atoms with Crippen LogP contribution in [-0.4, -0.2) is 41.8 Å². The van der Waals surface area contributed by atoms with Crippen molar-refractivity contribution in [1.82, 2.24) is 4.90 Å². The molecule has 1 amide bonds. The number of likely N-dealkylation sites (tertiary alicyclic amines) is 1. The highest BCUT2D eigenvalue weighted by Gasteiger charge is 2.27. The summed E-state index contributed by atoms with van der Waals surface area (Å²) >= 11 is 0. The fourth-order valence-corrected chi connectivity index (χ4v) is 3.03. The maximum Gasteiger partial charge on any atom is 0.410 e. The Morgan fingerprint density at radius 3 is 2.24 bits per heavy atom. The molecule has 0 bridgehead atoms. The van der Waals surface area contributed by atoms with E-state index >= 15 is 0 Å². The second kappa shape index (κ2) is 8.99. The van der Waals surface area contributed by atoms with Crippen LogP contribution in [-0.2, 0) is 4.74 Å². The normalized spacial score (nSPS) is 14.9. The molecule has 0 aromatic heterocycles. The van der Waals surface area contributed by atoms with Crippen molar-refractivity contribution in [3.8, 4) is 11.5 Å². The third-order valence-corrected chi connectivity index (χ3v) is 4.42. The predicted molar refractivity (Wildman–Crippen MR) is 109 cm³/mol. The Balaban J connectivity index is 1.52. The molecule has 0 N–H and O–H groups in total. The van der Waals surface area contributed by atoms with E-state index in [0.29, 0.717) is 43.0 Å². The van der Waals surface area contributed by atoms with Crippen LogP contribution in [0.15, 0.2) is 54.6 Å². The summed E-state index contributed by atoms with van der Waals surface area (Å²) in [5, 5.41) is 0. The Morgan fingerprint density at radius 2 is 1.59 bits per heavy atom. The minimum absolute atomic E-state index is 0.00578. The number of hydrogen-bond donors (Lipinski definition) is 0. The lowest BCUT2D eigenvalue weighted by Crippen LogP contribution is -2.44. The maximum atomic E-state index is 12.2. The molecule has 1 fully saturated rings. The summed E-state index contributed by atoms with van der Waals surface area (Å²) in [6.07, 6.45) is 1.14. The van der Waals surface area contributed by atoms with Crippen molar-refractivity contribution in [2.24, 2.45) is 0 Å². The zero-order chi connectivity index (χ0) is 20.9. The van der Waals surface area contributed by atoms with Crippen molar-refractivity contribution in [2.75, 3.05) is 13.1 Å². The highest BCUT2D eigenvalue weighted by atomic mass is 16.6. The van der Waals surface area contributed by atoms with Crippen LogP contribution < -0.4 is 9.47 Å². The van der Waals surface area contributed by atoms with Gasteiger partial charge in [0.25, 0.3) is 0 Å². The SMILES string of the molecule is CC(C)(C)OC(=O)N1CCC(Oc2cccc(OC(=O)c3ccccc3)c2)CC1. The molecular weight excluding hydrogens is 370 g/mol. The molecule has 1 saturated heterocycles. The molecule has 3 rings (SSSR count). The molecule has 1 aliphatic rings. The molecule has 1 heterocycles. The van der Waals surface area contributed by atoms with E-state index in [-0.39, 0.29) is 12.2 Å². The van der Waals surface area contributed by atoms with Crippen molar-refractivity contribution in [3.63, 3.8) is 0 Å². The molecular formula is C23H27NO5. The number of hydrogen-bond acceptors (Lipinski definition) is 5. The van der Waals surface area contributed by atoms with E-state index in [9.17, 15) is 9.59 Å². The summed E-state index contributed by atoms with van der Waals surface area (Å²) in [6.45, 7) is 6.75. The van der Waals surface area contributed by atoms with Gasteiger partial charge in [0.15, 0.2) is 0 Å². The monoisotopic (exact) mass is 397 g/mol. The molecule has 29 heavy (non-hydrogen) atoms. The van der Waals surface area contributed by atoms with Crippen LogP contribution in [0.3, 0.4) is 0 Å². The molecule has 154 valence electrons. The Hall–Kier alpha value is -3.02. The predicted octanol–water partition coefficient (Wildman–Crippen LogP) is 4.68. The summed E-state index contributed by atoms with van der Waals surface area (Å²) in [7, 11) is 0. The van der Waals surface area contributed by atoms with Crippen LogP contribution >= 0.6 is 0 Å². The summed E-state index contributed by atoms with van der Waals surface area (Å²) in [5.74, 6) is 0.662. The van der Waals surface area contributed by atoms with Crippen LogP contribution in [0.2, 0.25) is 0 Å². The molecule has 6 heteroatoms. The molecule has 0 saturated carbocycles. The topological polar surface area (TPSA) is 65.1 Å². The van der Waals surface area contributed by atoms with E-state index in [4.69, 9.17) is 14.2 Å². The van der Waals surface area contributed by atoms with Crippen molar-refractivity contribution in [2.45, 2.75) is 45.3 Å². The Morgan fingerprint density at radius 1 is 0.931 bits per heavy atom. The van der Waals surface area contributed by atoms with Crippen molar-refractivity contribution < 1.29 is 23.8 Å². The number of benzene rings is 2. The van der Waals surface area contributed by atoms with Gasteiger partial charge in [-0.15, -0.1) is 0 Å². The third kappa shape index (κ3) is 6.24. The summed E-state index contributed by atoms with van der Waals surface area (Å²) in [6, 6.07) is 15.9. The van der Waals surface area contributed by atoms with Gasteiger partial charge < -0.3 is 19.1 Å². The average molecular weight is 397 g/mol. The van der Waals surface area contributed by atoms with E-state index in [1.807, 2.05) is 32.9 Å². The van der Waals surface area contributed by atoms with Crippen molar-refractivity contribution in [1.29, 1.82) is 0 Å². The van der Waals surface area contributed by atoms with Gasteiger partial charge in [0.05, 0.1) is 5.56 Å². The zero-order valence-corrected chi connectivity index (χ0v) is 17.1. The largest absolute Gasteiger partial charge is 0.490 e. The van der Waals surface area contributed by atoms with Crippen molar-refractivity contribution in [3.05, 3.63) is 60.2 Å². The van der Waals surface area contributed by atoms with Crippen LogP contribution in [0.5, 0.6) is 11.5 Å². The number of esters is 1. The lowest BCUT2D eigenvalue weighted by Gasteiger charge is -2.33. The van der Waals surface area contributed by atoms with Gasteiger partial charge in [-0.2, -0.15) is 0 Å². The van der Waals surface area contributed by atoms with Crippen LogP contribution in [0, 0.1) is 0 Å². The van der Waals surface area contributed by atoms with Crippen LogP contribution in [0.25, 0.3) is 0 Å².